The zero-order valence-electron chi connectivity index (χ0n) is 8.63. The zero-order valence-corrected chi connectivity index (χ0v) is 8.63. The maximum atomic E-state index is 11.6. The Kier molecular flexibility index (Phi) is 3.24. The minimum Gasteiger partial charge on any atom is -0.277 e. The van der Waals surface area contributed by atoms with Gasteiger partial charge in [-0.1, -0.05) is 13.0 Å². The van der Waals surface area contributed by atoms with Gasteiger partial charge in [0.15, 0.2) is 0 Å². The molecule has 0 aromatic heterocycles. The Labute approximate surface area is 87.9 Å². The molecule has 2 N–H and O–H groups in total. The van der Waals surface area contributed by atoms with Crippen LogP contribution in [0.5, 0.6) is 0 Å². The van der Waals surface area contributed by atoms with Crippen LogP contribution in [-0.4, -0.2) is 17.8 Å². The third-order valence-corrected chi connectivity index (χ3v) is 2.70. The number of rotatable bonds is 4. The lowest BCUT2D eigenvalue weighted by molar-refractivity contribution is -0.145. The first-order chi connectivity index (χ1) is 7.06. The summed E-state index contributed by atoms with van der Waals surface area (Å²) in [7, 11) is 0. The fraction of sp³-hybridized carbons (Fsp3) is 0.500. The van der Waals surface area contributed by atoms with Crippen molar-refractivity contribution in [2.45, 2.75) is 26.2 Å². The Morgan fingerprint density at radius 2 is 1.80 bits per heavy atom. The van der Waals surface area contributed by atoms with Crippen LogP contribution < -0.4 is 10.6 Å². The van der Waals surface area contributed by atoms with Crippen molar-refractivity contribution in [2.75, 3.05) is 0 Å². The van der Waals surface area contributed by atoms with E-state index in [1.165, 1.54) is 0 Å². The number of nitrogens with one attached hydrogen (secondary N) is 2. The predicted octanol–water partition coefficient (Wildman–Crippen LogP) is 0.715. The van der Waals surface area contributed by atoms with Gasteiger partial charge in [-0.2, -0.15) is 0 Å². The second-order valence-corrected chi connectivity index (χ2v) is 3.50. The Morgan fingerprint density at radius 1 is 1.27 bits per heavy atom. The van der Waals surface area contributed by atoms with Crippen LogP contribution in [0.25, 0.3) is 0 Å². The van der Waals surface area contributed by atoms with E-state index < -0.39 is 23.3 Å². The summed E-state index contributed by atoms with van der Waals surface area (Å²) in [5, 5.41) is 4.23. The normalized spacial score (nSPS) is 19.4. The lowest BCUT2D eigenvalue weighted by Gasteiger charge is -2.32. The maximum absolute atomic E-state index is 11.6. The largest absolute Gasteiger partial charge is 0.328 e. The van der Waals surface area contributed by atoms with Gasteiger partial charge in [0.05, 0.1) is 0 Å². The molecule has 0 aromatic carbocycles. The summed E-state index contributed by atoms with van der Waals surface area (Å²) in [4.78, 5) is 34.2. The van der Waals surface area contributed by atoms with E-state index in [2.05, 4.69) is 17.2 Å². The summed E-state index contributed by atoms with van der Waals surface area (Å²) in [6.45, 7) is 5.29. The molecule has 1 aliphatic heterocycles. The van der Waals surface area contributed by atoms with Gasteiger partial charge in [0.1, 0.15) is 5.41 Å². The second kappa shape index (κ2) is 4.25. The van der Waals surface area contributed by atoms with Crippen LogP contribution in [0.1, 0.15) is 26.2 Å². The fourth-order valence-corrected chi connectivity index (χ4v) is 1.65. The fourth-order valence-electron chi connectivity index (χ4n) is 1.65. The van der Waals surface area contributed by atoms with E-state index in [0.29, 0.717) is 19.3 Å². The molecule has 0 spiro atoms. The molecule has 0 saturated carbocycles. The smallest absolute Gasteiger partial charge is 0.277 e. The van der Waals surface area contributed by atoms with Crippen molar-refractivity contribution >= 4 is 17.8 Å². The SMILES string of the molecule is C=CCCC1(CC)C(=O)NC(=O)NC1=O. The highest BCUT2D eigenvalue weighted by molar-refractivity contribution is 6.19. The summed E-state index contributed by atoms with van der Waals surface area (Å²) in [5.74, 6) is -1.03. The second-order valence-electron chi connectivity index (χ2n) is 3.50. The summed E-state index contributed by atoms with van der Waals surface area (Å²) < 4.78 is 0. The van der Waals surface area contributed by atoms with Crippen LogP contribution in [0.4, 0.5) is 4.79 Å². The van der Waals surface area contributed by atoms with E-state index in [9.17, 15) is 14.4 Å². The van der Waals surface area contributed by atoms with Crippen LogP contribution >= 0.6 is 0 Å². The monoisotopic (exact) mass is 210 g/mol. The molecule has 15 heavy (non-hydrogen) atoms. The van der Waals surface area contributed by atoms with Gasteiger partial charge in [0.2, 0.25) is 11.8 Å². The van der Waals surface area contributed by atoms with Crippen LogP contribution in [0, 0.1) is 5.41 Å². The van der Waals surface area contributed by atoms with Gasteiger partial charge in [-0.25, -0.2) is 4.79 Å². The number of barbiturate groups is 1. The molecule has 4 amide bonds. The number of imide groups is 2. The first-order valence-electron chi connectivity index (χ1n) is 4.84. The average Bonchev–Trinajstić information content (AvgIpc) is 2.17. The Balaban J connectivity index is 2.94. The molecule has 1 saturated heterocycles. The molecule has 0 aliphatic carbocycles. The molecule has 0 radical (unpaired) electrons. The molecule has 0 aromatic rings. The highest BCUT2D eigenvalue weighted by Gasteiger charge is 2.47. The van der Waals surface area contributed by atoms with Crippen molar-refractivity contribution in [2.24, 2.45) is 5.41 Å². The lowest BCUT2D eigenvalue weighted by atomic mass is 9.77. The molecular weight excluding hydrogens is 196 g/mol. The van der Waals surface area contributed by atoms with Gasteiger partial charge >= 0.3 is 6.03 Å². The van der Waals surface area contributed by atoms with Crippen molar-refractivity contribution in [1.82, 2.24) is 10.6 Å². The topological polar surface area (TPSA) is 75.3 Å². The third kappa shape index (κ3) is 1.91. The van der Waals surface area contributed by atoms with Gasteiger partial charge < -0.3 is 0 Å². The van der Waals surface area contributed by atoms with Gasteiger partial charge in [-0.15, -0.1) is 6.58 Å². The molecule has 0 unspecified atom stereocenters. The van der Waals surface area contributed by atoms with Gasteiger partial charge in [0, 0.05) is 0 Å². The molecular formula is C10H14N2O3. The van der Waals surface area contributed by atoms with Crippen LogP contribution in [-0.2, 0) is 9.59 Å². The first-order valence-corrected chi connectivity index (χ1v) is 4.84. The standard InChI is InChI=1S/C10H14N2O3/c1-3-5-6-10(4-2)7(13)11-9(15)12-8(10)14/h3H,1,4-6H2,2H3,(H2,11,12,13,14,15). The molecule has 1 heterocycles. The Hall–Kier alpha value is -1.65. The number of hydrogen-bond acceptors (Lipinski definition) is 3. The molecule has 1 rings (SSSR count). The van der Waals surface area contributed by atoms with E-state index in [4.69, 9.17) is 0 Å². The zero-order chi connectivity index (χ0) is 11.5. The molecule has 5 nitrogen and oxygen atoms in total. The van der Waals surface area contributed by atoms with E-state index in [1.807, 2.05) is 0 Å². The van der Waals surface area contributed by atoms with Crippen molar-refractivity contribution < 1.29 is 14.4 Å². The minimum atomic E-state index is -1.12. The summed E-state index contributed by atoms with van der Waals surface area (Å²) in [6, 6.07) is -0.743. The van der Waals surface area contributed by atoms with Gasteiger partial charge in [0.25, 0.3) is 0 Å². The summed E-state index contributed by atoms with van der Waals surface area (Å²) >= 11 is 0. The summed E-state index contributed by atoms with van der Waals surface area (Å²) in [6.07, 6.45) is 2.95. The van der Waals surface area contributed by atoms with E-state index in [0.717, 1.165) is 0 Å². The maximum Gasteiger partial charge on any atom is 0.328 e. The lowest BCUT2D eigenvalue weighted by Crippen LogP contribution is -2.62. The third-order valence-electron chi connectivity index (χ3n) is 2.70. The molecule has 82 valence electrons. The highest BCUT2D eigenvalue weighted by atomic mass is 16.2. The molecule has 0 atom stereocenters. The molecule has 1 fully saturated rings. The number of urea groups is 1. The van der Waals surface area contributed by atoms with E-state index in [-0.39, 0.29) is 0 Å². The Bertz CT molecular complexity index is 303. The van der Waals surface area contributed by atoms with E-state index in [1.54, 1.807) is 13.0 Å². The van der Waals surface area contributed by atoms with Gasteiger partial charge in [-0.3, -0.25) is 20.2 Å². The quantitative estimate of drug-likeness (QED) is 0.530. The van der Waals surface area contributed by atoms with E-state index >= 15 is 0 Å². The van der Waals surface area contributed by atoms with Crippen LogP contribution in [0.15, 0.2) is 12.7 Å². The number of carbonyl (C=O) groups is 3. The summed E-state index contributed by atoms with van der Waals surface area (Å²) in [5.41, 5.74) is -1.12. The number of carbonyl (C=O) groups excluding carboxylic acids is 3. The average molecular weight is 210 g/mol. The number of allylic oxidation sites excluding steroid dienone is 1. The molecule has 0 bridgehead atoms. The van der Waals surface area contributed by atoms with Crippen molar-refractivity contribution in [3.8, 4) is 0 Å². The highest BCUT2D eigenvalue weighted by Crippen LogP contribution is 2.30. The first kappa shape index (κ1) is 11.4. The predicted molar refractivity (Wildman–Crippen MR) is 53.8 cm³/mol. The molecule has 5 heteroatoms. The number of amides is 4. The van der Waals surface area contributed by atoms with Crippen LogP contribution in [0.2, 0.25) is 0 Å². The van der Waals surface area contributed by atoms with Crippen molar-refractivity contribution in [3.63, 3.8) is 0 Å². The van der Waals surface area contributed by atoms with Crippen molar-refractivity contribution in [1.29, 1.82) is 0 Å². The van der Waals surface area contributed by atoms with Crippen LogP contribution in [0.3, 0.4) is 0 Å². The number of hydrogen-bond donors (Lipinski definition) is 2. The van der Waals surface area contributed by atoms with Gasteiger partial charge in [-0.05, 0) is 19.3 Å². The molecule has 1 aliphatic rings. The Morgan fingerprint density at radius 3 is 2.20 bits per heavy atom. The van der Waals surface area contributed by atoms with Crippen molar-refractivity contribution in [3.05, 3.63) is 12.7 Å². The minimum absolute atomic E-state index is 0.367.